The molecule has 0 spiro atoms. The van der Waals surface area contributed by atoms with E-state index in [-0.39, 0.29) is 12.5 Å². The van der Waals surface area contributed by atoms with Gasteiger partial charge in [-0.25, -0.2) is 0 Å². The van der Waals surface area contributed by atoms with Crippen LogP contribution in [0.15, 0.2) is 29.0 Å². The number of thiophene rings is 2. The van der Waals surface area contributed by atoms with Crippen LogP contribution in [-0.4, -0.2) is 17.6 Å². The third-order valence-electron chi connectivity index (χ3n) is 2.34. The molecular weight excluding hydrogens is 278 g/mol. The summed E-state index contributed by atoms with van der Waals surface area (Å²) in [6, 6.07) is 5.83. The van der Waals surface area contributed by atoms with Gasteiger partial charge in [0.25, 0.3) is 0 Å². The highest BCUT2D eigenvalue weighted by Gasteiger charge is 2.05. The molecule has 0 bridgehead atoms. The van der Waals surface area contributed by atoms with E-state index in [0.717, 1.165) is 15.3 Å². The molecule has 0 aliphatic carbocycles. The quantitative estimate of drug-likeness (QED) is 0.847. The standard InChI is InChI=1S/C14H13NO2S2/c16-5-1-3-11-7-13(19-10-11)9-15-14(17)8-12-4-2-6-18-12/h2,4,6-7,10,16H,5,8-9H2,(H,15,17). The molecule has 19 heavy (non-hydrogen) atoms. The van der Waals surface area contributed by atoms with Crippen molar-refractivity contribution in [2.75, 3.05) is 6.61 Å². The maximum atomic E-state index is 11.7. The van der Waals surface area contributed by atoms with Gasteiger partial charge >= 0.3 is 0 Å². The number of hydrogen-bond acceptors (Lipinski definition) is 4. The van der Waals surface area contributed by atoms with E-state index >= 15 is 0 Å². The highest BCUT2D eigenvalue weighted by Crippen LogP contribution is 2.14. The Morgan fingerprint density at radius 2 is 2.26 bits per heavy atom. The van der Waals surface area contributed by atoms with E-state index in [0.29, 0.717) is 13.0 Å². The van der Waals surface area contributed by atoms with Crippen molar-refractivity contribution in [2.45, 2.75) is 13.0 Å². The van der Waals surface area contributed by atoms with Crippen LogP contribution < -0.4 is 5.32 Å². The summed E-state index contributed by atoms with van der Waals surface area (Å²) in [7, 11) is 0. The highest BCUT2D eigenvalue weighted by molar-refractivity contribution is 7.10. The molecule has 2 rings (SSSR count). The molecule has 0 atom stereocenters. The molecule has 5 heteroatoms. The zero-order chi connectivity index (χ0) is 13.5. The van der Waals surface area contributed by atoms with Crippen LogP contribution in [0, 0.1) is 11.8 Å². The topological polar surface area (TPSA) is 49.3 Å². The van der Waals surface area contributed by atoms with Crippen molar-refractivity contribution in [2.24, 2.45) is 0 Å². The van der Waals surface area contributed by atoms with Gasteiger partial charge in [0.15, 0.2) is 0 Å². The van der Waals surface area contributed by atoms with Crippen molar-refractivity contribution < 1.29 is 9.90 Å². The molecule has 0 aromatic carbocycles. The fourth-order valence-electron chi connectivity index (χ4n) is 1.50. The minimum atomic E-state index is -0.136. The summed E-state index contributed by atoms with van der Waals surface area (Å²) in [6.45, 7) is 0.387. The Hall–Kier alpha value is -1.61. The number of aliphatic hydroxyl groups is 1. The third-order valence-corrected chi connectivity index (χ3v) is 4.15. The molecule has 1 amide bonds. The highest BCUT2D eigenvalue weighted by atomic mass is 32.1. The average Bonchev–Trinajstić information content (AvgIpc) is 3.05. The first-order chi connectivity index (χ1) is 9.28. The lowest BCUT2D eigenvalue weighted by atomic mass is 10.3. The first-order valence-electron chi connectivity index (χ1n) is 5.74. The van der Waals surface area contributed by atoms with Crippen LogP contribution in [0.2, 0.25) is 0 Å². The molecule has 2 N–H and O–H groups in total. The van der Waals surface area contributed by atoms with Crippen LogP contribution in [0.25, 0.3) is 0 Å². The van der Waals surface area contributed by atoms with Gasteiger partial charge in [-0.1, -0.05) is 17.9 Å². The Morgan fingerprint density at radius 1 is 1.37 bits per heavy atom. The molecule has 2 aromatic rings. The van der Waals surface area contributed by atoms with Gasteiger partial charge in [0.2, 0.25) is 5.91 Å². The van der Waals surface area contributed by atoms with Gasteiger partial charge in [0.1, 0.15) is 6.61 Å². The summed E-state index contributed by atoms with van der Waals surface area (Å²) in [4.78, 5) is 13.8. The number of aliphatic hydroxyl groups excluding tert-OH is 1. The summed E-state index contributed by atoms with van der Waals surface area (Å²) in [5.74, 6) is 5.46. The number of carbonyl (C=O) groups is 1. The lowest BCUT2D eigenvalue weighted by Crippen LogP contribution is -2.23. The van der Waals surface area contributed by atoms with Crippen LogP contribution in [0.3, 0.4) is 0 Å². The largest absolute Gasteiger partial charge is 0.384 e. The van der Waals surface area contributed by atoms with Crippen molar-refractivity contribution in [3.8, 4) is 11.8 Å². The van der Waals surface area contributed by atoms with Gasteiger partial charge in [-0.2, -0.15) is 0 Å². The summed E-state index contributed by atoms with van der Waals surface area (Å²) >= 11 is 3.14. The molecular formula is C14H13NO2S2. The molecule has 0 saturated heterocycles. The minimum absolute atomic E-state index is 0.0267. The summed E-state index contributed by atoms with van der Waals surface area (Å²) in [6.07, 6.45) is 0.431. The number of hydrogen-bond donors (Lipinski definition) is 2. The lowest BCUT2D eigenvalue weighted by Gasteiger charge is -2.01. The van der Waals surface area contributed by atoms with E-state index in [1.807, 2.05) is 29.0 Å². The smallest absolute Gasteiger partial charge is 0.225 e. The van der Waals surface area contributed by atoms with Gasteiger partial charge in [0.05, 0.1) is 13.0 Å². The maximum absolute atomic E-state index is 11.7. The van der Waals surface area contributed by atoms with E-state index in [1.54, 1.807) is 22.7 Å². The van der Waals surface area contributed by atoms with Crippen molar-refractivity contribution in [1.82, 2.24) is 5.32 Å². The van der Waals surface area contributed by atoms with Crippen LogP contribution in [0.4, 0.5) is 0 Å². The Balaban J connectivity index is 1.81. The van der Waals surface area contributed by atoms with Gasteiger partial charge in [-0.15, -0.1) is 22.7 Å². The lowest BCUT2D eigenvalue weighted by molar-refractivity contribution is -0.120. The van der Waals surface area contributed by atoms with E-state index < -0.39 is 0 Å². The molecule has 0 aliphatic heterocycles. The molecule has 0 fully saturated rings. The predicted molar refractivity (Wildman–Crippen MR) is 78.2 cm³/mol. The molecule has 2 heterocycles. The number of amides is 1. The Labute approximate surface area is 119 Å². The van der Waals surface area contributed by atoms with Gasteiger partial charge < -0.3 is 10.4 Å². The first kappa shape index (κ1) is 13.8. The number of nitrogens with one attached hydrogen (secondary N) is 1. The van der Waals surface area contributed by atoms with Crippen LogP contribution >= 0.6 is 22.7 Å². The average molecular weight is 291 g/mol. The van der Waals surface area contributed by atoms with Gasteiger partial charge in [-0.05, 0) is 17.5 Å². The Kier molecular flexibility index (Phi) is 5.16. The number of rotatable bonds is 4. The fraction of sp³-hybridized carbons (Fsp3) is 0.214. The van der Waals surface area contributed by atoms with E-state index in [9.17, 15) is 4.79 Å². The summed E-state index contributed by atoms with van der Waals surface area (Å²) in [5.41, 5.74) is 0.876. The van der Waals surface area contributed by atoms with E-state index in [4.69, 9.17) is 5.11 Å². The maximum Gasteiger partial charge on any atom is 0.225 e. The Morgan fingerprint density at radius 3 is 3.00 bits per heavy atom. The molecule has 0 unspecified atom stereocenters. The Bertz CT molecular complexity index is 590. The predicted octanol–water partition coefficient (Wildman–Crippen LogP) is 2.01. The minimum Gasteiger partial charge on any atom is -0.384 e. The van der Waals surface area contributed by atoms with E-state index in [2.05, 4.69) is 17.2 Å². The zero-order valence-corrected chi connectivity index (χ0v) is 11.8. The molecule has 2 aromatic heterocycles. The van der Waals surface area contributed by atoms with Crippen molar-refractivity contribution >= 4 is 28.6 Å². The summed E-state index contributed by atoms with van der Waals surface area (Å²) in [5, 5.41) is 15.4. The van der Waals surface area contributed by atoms with Crippen LogP contribution in [-0.2, 0) is 17.8 Å². The second-order valence-corrected chi connectivity index (χ2v) is 5.82. The molecule has 0 saturated carbocycles. The first-order valence-corrected chi connectivity index (χ1v) is 7.50. The van der Waals surface area contributed by atoms with E-state index in [1.165, 1.54) is 0 Å². The van der Waals surface area contributed by atoms with Gasteiger partial charge in [-0.3, -0.25) is 4.79 Å². The molecule has 0 aliphatic rings. The third kappa shape index (κ3) is 4.52. The second kappa shape index (κ2) is 7.10. The normalized spacial score (nSPS) is 9.74. The van der Waals surface area contributed by atoms with Crippen molar-refractivity contribution in [3.05, 3.63) is 44.3 Å². The van der Waals surface area contributed by atoms with Crippen LogP contribution in [0.5, 0.6) is 0 Å². The second-order valence-electron chi connectivity index (χ2n) is 3.79. The number of carbonyl (C=O) groups excluding carboxylic acids is 1. The summed E-state index contributed by atoms with van der Waals surface area (Å²) < 4.78 is 0. The molecule has 98 valence electrons. The SMILES string of the molecule is O=C(Cc1cccs1)NCc1cc(C#CCO)cs1. The molecule has 3 nitrogen and oxygen atoms in total. The molecule has 0 radical (unpaired) electrons. The van der Waals surface area contributed by atoms with Crippen molar-refractivity contribution in [1.29, 1.82) is 0 Å². The van der Waals surface area contributed by atoms with Crippen LogP contribution in [0.1, 0.15) is 15.3 Å². The monoisotopic (exact) mass is 291 g/mol. The van der Waals surface area contributed by atoms with Crippen molar-refractivity contribution in [3.63, 3.8) is 0 Å². The fourth-order valence-corrected chi connectivity index (χ4v) is 2.96. The van der Waals surface area contributed by atoms with Gasteiger partial charge in [0, 0.05) is 20.7 Å². The zero-order valence-electron chi connectivity index (χ0n) is 10.2.